The molecule has 116 valence electrons. The number of hydrogen-bond donors (Lipinski definition) is 1. The summed E-state index contributed by atoms with van der Waals surface area (Å²) in [5.74, 6) is 0.270. The molecule has 1 aromatic carbocycles. The average Bonchev–Trinajstić information content (AvgIpc) is 2.97. The van der Waals surface area contributed by atoms with Crippen molar-refractivity contribution in [1.29, 1.82) is 0 Å². The van der Waals surface area contributed by atoms with Gasteiger partial charge in [-0.1, -0.05) is 12.8 Å². The molecule has 0 spiro atoms. The lowest BCUT2D eigenvalue weighted by Gasteiger charge is -2.28. The van der Waals surface area contributed by atoms with E-state index in [1.165, 1.54) is 0 Å². The van der Waals surface area contributed by atoms with Crippen LogP contribution in [-0.4, -0.2) is 32.4 Å². The summed E-state index contributed by atoms with van der Waals surface area (Å²) in [6.45, 7) is 0.406. The Labute approximate surface area is 124 Å². The van der Waals surface area contributed by atoms with Crippen molar-refractivity contribution in [3.8, 4) is 11.5 Å². The van der Waals surface area contributed by atoms with Gasteiger partial charge in [-0.3, -0.25) is 4.79 Å². The number of carboxylic acids is 1. The fourth-order valence-electron chi connectivity index (χ4n) is 3.20. The van der Waals surface area contributed by atoms with E-state index in [4.69, 9.17) is 14.2 Å². The molecule has 1 aliphatic carbocycles. The Bertz CT molecular complexity index is 518. The van der Waals surface area contributed by atoms with Gasteiger partial charge in [-0.05, 0) is 30.5 Å². The Hall–Kier alpha value is -1.75. The van der Waals surface area contributed by atoms with Gasteiger partial charge in [-0.25, -0.2) is 0 Å². The molecule has 0 unspecified atom stereocenters. The van der Waals surface area contributed by atoms with Crippen molar-refractivity contribution in [2.24, 2.45) is 0 Å². The Morgan fingerprint density at radius 3 is 2.33 bits per heavy atom. The first kappa shape index (κ1) is 15.6. The molecule has 0 saturated heterocycles. The van der Waals surface area contributed by atoms with Crippen LogP contribution in [-0.2, 0) is 21.6 Å². The molecule has 5 nitrogen and oxygen atoms in total. The van der Waals surface area contributed by atoms with Crippen LogP contribution in [0.5, 0.6) is 11.5 Å². The third kappa shape index (κ3) is 2.70. The lowest BCUT2D eigenvalue weighted by atomic mass is 9.77. The molecule has 1 aromatic rings. The minimum atomic E-state index is -0.887. The predicted molar refractivity (Wildman–Crippen MR) is 78.0 cm³/mol. The van der Waals surface area contributed by atoms with Crippen molar-refractivity contribution in [2.45, 2.75) is 37.7 Å². The number of carbonyl (C=O) groups is 1. The Morgan fingerprint density at radius 2 is 1.86 bits per heavy atom. The molecule has 1 fully saturated rings. The number of benzene rings is 1. The third-order valence-corrected chi connectivity index (χ3v) is 4.23. The third-order valence-electron chi connectivity index (χ3n) is 4.23. The van der Waals surface area contributed by atoms with E-state index in [2.05, 4.69) is 0 Å². The molecule has 5 heteroatoms. The van der Waals surface area contributed by atoms with Gasteiger partial charge in [0.2, 0.25) is 0 Å². The highest BCUT2D eigenvalue weighted by Crippen LogP contribution is 2.48. The zero-order valence-electron chi connectivity index (χ0n) is 12.8. The second-order valence-electron chi connectivity index (χ2n) is 5.41. The number of methoxy groups -OCH3 is 3. The van der Waals surface area contributed by atoms with Crippen molar-refractivity contribution in [3.63, 3.8) is 0 Å². The molecule has 0 atom stereocenters. The zero-order valence-corrected chi connectivity index (χ0v) is 12.8. The topological polar surface area (TPSA) is 65.0 Å². The molecule has 1 saturated carbocycles. The van der Waals surface area contributed by atoms with Gasteiger partial charge < -0.3 is 19.3 Å². The standard InChI is InChI=1S/C16H22O5/c1-19-10-11-8-12(14(21-3)13(9-11)20-2)16(15(17)18)6-4-5-7-16/h8-9H,4-7,10H2,1-3H3,(H,17,18). The molecule has 0 amide bonds. The van der Waals surface area contributed by atoms with Crippen molar-refractivity contribution in [1.82, 2.24) is 0 Å². The molecule has 0 heterocycles. The van der Waals surface area contributed by atoms with Gasteiger partial charge in [0.25, 0.3) is 0 Å². The van der Waals surface area contributed by atoms with Crippen LogP contribution in [0, 0.1) is 0 Å². The first-order valence-electron chi connectivity index (χ1n) is 7.06. The fraction of sp³-hybridized carbons (Fsp3) is 0.562. The van der Waals surface area contributed by atoms with E-state index >= 15 is 0 Å². The number of hydrogen-bond acceptors (Lipinski definition) is 4. The van der Waals surface area contributed by atoms with Crippen LogP contribution in [0.25, 0.3) is 0 Å². The van der Waals surface area contributed by atoms with E-state index in [-0.39, 0.29) is 0 Å². The van der Waals surface area contributed by atoms with E-state index in [1.807, 2.05) is 12.1 Å². The summed E-state index contributed by atoms with van der Waals surface area (Å²) >= 11 is 0. The molecule has 1 N–H and O–H groups in total. The van der Waals surface area contributed by atoms with Gasteiger partial charge >= 0.3 is 5.97 Å². The number of carboxylic acid groups (broad SMARTS) is 1. The van der Waals surface area contributed by atoms with Crippen LogP contribution < -0.4 is 9.47 Å². The van der Waals surface area contributed by atoms with Crippen molar-refractivity contribution < 1.29 is 24.1 Å². The van der Waals surface area contributed by atoms with Gasteiger partial charge in [0.1, 0.15) is 0 Å². The first-order valence-corrected chi connectivity index (χ1v) is 7.06. The van der Waals surface area contributed by atoms with Crippen molar-refractivity contribution in [3.05, 3.63) is 23.3 Å². The second kappa shape index (κ2) is 6.35. The van der Waals surface area contributed by atoms with E-state index in [1.54, 1.807) is 21.3 Å². The lowest BCUT2D eigenvalue weighted by Crippen LogP contribution is -2.33. The summed E-state index contributed by atoms with van der Waals surface area (Å²) in [6, 6.07) is 3.71. The summed E-state index contributed by atoms with van der Waals surface area (Å²) in [7, 11) is 4.71. The van der Waals surface area contributed by atoms with E-state index in [0.717, 1.165) is 18.4 Å². The Kier molecular flexibility index (Phi) is 4.73. The first-order chi connectivity index (χ1) is 10.1. The smallest absolute Gasteiger partial charge is 0.314 e. The fourth-order valence-corrected chi connectivity index (χ4v) is 3.20. The molecule has 0 radical (unpaired) electrons. The van der Waals surface area contributed by atoms with Crippen LogP contribution in [0.1, 0.15) is 36.8 Å². The number of ether oxygens (including phenoxy) is 3. The quantitative estimate of drug-likeness (QED) is 0.874. The van der Waals surface area contributed by atoms with Crippen LogP contribution in [0.4, 0.5) is 0 Å². The van der Waals surface area contributed by atoms with E-state index in [9.17, 15) is 9.90 Å². The summed E-state index contributed by atoms with van der Waals surface area (Å²) in [4.78, 5) is 11.9. The van der Waals surface area contributed by atoms with Crippen LogP contribution in [0.2, 0.25) is 0 Å². The summed E-state index contributed by atoms with van der Waals surface area (Å²) < 4.78 is 16.0. The van der Waals surface area contributed by atoms with Gasteiger partial charge in [-0.2, -0.15) is 0 Å². The normalized spacial score (nSPS) is 16.7. The molecular weight excluding hydrogens is 272 g/mol. The molecule has 1 aliphatic rings. The van der Waals surface area contributed by atoms with Crippen molar-refractivity contribution in [2.75, 3.05) is 21.3 Å². The minimum Gasteiger partial charge on any atom is -0.493 e. The maximum Gasteiger partial charge on any atom is 0.314 e. The Morgan fingerprint density at radius 1 is 1.19 bits per heavy atom. The molecule has 0 aliphatic heterocycles. The largest absolute Gasteiger partial charge is 0.493 e. The van der Waals surface area contributed by atoms with Crippen LogP contribution >= 0.6 is 0 Å². The molecule has 0 bridgehead atoms. The highest BCUT2D eigenvalue weighted by molar-refractivity contribution is 5.83. The average molecular weight is 294 g/mol. The Balaban J connectivity index is 2.63. The number of aliphatic carboxylic acids is 1. The van der Waals surface area contributed by atoms with Crippen LogP contribution in [0.15, 0.2) is 12.1 Å². The monoisotopic (exact) mass is 294 g/mol. The van der Waals surface area contributed by atoms with Gasteiger partial charge in [-0.15, -0.1) is 0 Å². The lowest BCUT2D eigenvalue weighted by molar-refractivity contribution is -0.143. The van der Waals surface area contributed by atoms with Gasteiger partial charge in [0.15, 0.2) is 11.5 Å². The van der Waals surface area contributed by atoms with Gasteiger partial charge in [0.05, 0.1) is 26.2 Å². The number of rotatable bonds is 6. The maximum absolute atomic E-state index is 11.9. The molecular formula is C16H22O5. The molecule has 2 rings (SSSR count). The second-order valence-corrected chi connectivity index (χ2v) is 5.41. The highest BCUT2D eigenvalue weighted by Gasteiger charge is 2.45. The molecule has 0 aromatic heterocycles. The zero-order chi connectivity index (χ0) is 15.5. The molecule has 21 heavy (non-hydrogen) atoms. The van der Waals surface area contributed by atoms with E-state index in [0.29, 0.717) is 36.5 Å². The summed E-state index contributed by atoms with van der Waals surface area (Å²) in [6.07, 6.45) is 3.06. The minimum absolute atomic E-state index is 0.406. The van der Waals surface area contributed by atoms with E-state index < -0.39 is 11.4 Å². The van der Waals surface area contributed by atoms with Crippen LogP contribution in [0.3, 0.4) is 0 Å². The summed E-state index contributed by atoms with van der Waals surface area (Å²) in [5, 5.41) is 9.79. The maximum atomic E-state index is 11.9. The van der Waals surface area contributed by atoms with Crippen molar-refractivity contribution >= 4 is 5.97 Å². The highest BCUT2D eigenvalue weighted by atomic mass is 16.5. The summed E-state index contributed by atoms with van der Waals surface area (Å²) in [5.41, 5.74) is 0.696. The predicted octanol–water partition coefficient (Wildman–Crippen LogP) is 2.75. The van der Waals surface area contributed by atoms with Gasteiger partial charge in [0, 0.05) is 12.7 Å². The SMILES string of the molecule is COCc1cc(OC)c(OC)c(C2(C(=O)O)CCCC2)c1.